The van der Waals surface area contributed by atoms with Crippen molar-refractivity contribution < 1.29 is 19.4 Å². The maximum Gasteiger partial charge on any atom is 0.338 e. The Hall–Kier alpha value is -2.36. The van der Waals surface area contributed by atoms with Gasteiger partial charge in [0.05, 0.1) is 11.7 Å². The summed E-state index contributed by atoms with van der Waals surface area (Å²) in [6, 6.07) is 3.57. The number of nitrogens with one attached hydrogen (secondary N) is 1. The largest absolute Gasteiger partial charge is 0.457 e. The molecule has 1 amide bonds. The molecular weight excluding hydrogens is 392 g/mol. The lowest BCUT2D eigenvalue weighted by Gasteiger charge is -2.24. The zero-order valence-corrected chi connectivity index (χ0v) is 17.0. The molecular formula is C20H22N4O4S. The number of aliphatic hydroxyl groups is 1. The highest BCUT2D eigenvalue weighted by Crippen LogP contribution is 2.52. The van der Waals surface area contributed by atoms with Crippen LogP contribution < -0.4 is 5.32 Å². The molecule has 3 atom stereocenters. The van der Waals surface area contributed by atoms with E-state index < -0.39 is 6.10 Å². The van der Waals surface area contributed by atoms with Crippen molar-refractivity contribution in [2.24, 2.45) is 17.8 Å². The van der Waals surface area contributed by atoms with Crippen LogP contribution in [0.5, 0.6) is 0 Å². The molecule has 0 radical (unpaired) electrons. The van der Waals surface area contributed by atoms with Gasteiger partial charge in [0.25, 0.3) is 0 Å². The number of benzene rings is 1. The highest BCUT2D eigenvalue weighted by Gasteiger charge is 2.59. The highest BCUT2D eigenvalue weighted by atomic mass is 32.1. The van der Waals surface area contributed by atoms with Crippen molar-refractivity contribution >= 4 is 28.5 Å². The van der Waals surface area contributed by atoms with E-state index in [1.165, 1.54) is 11.5 Å². The minimum Gasteiger partial charge on any atom is -0.457 e. The van der Waals surface area contributed by atoms with E-state index in [1.54, 1.807) is 13.0 Å². The summed E-state index contributed by atoms with van der Waals surface area (Å²) in [7, 11) is 0. The summed E-state index contributed by atoms with van der Waals surface area (Å²) in [6.45, 7) is 6.14. The summed E-state index contributed by atoms with van der Waals surface area (Å²) in [4.78, 5) is 30.5. The summed E-state index contributed by atoms with van der Waals surface area (Å²) >= 11 is 1.20. The number of aliphatic hydroxyl groups excluding tert-OH is 1. The lowest BCUT2D eigenvalue weighted by atomic mass is 9.95. The number of hydrogen-bond acceptors (Lipinski definition) is 8. The third kappa shape index (κ3) is 3.23. The van der Waals surface area contributed by atoms with Gasteiger partial charge in [-0.05, 0) is 42.9 Å². The number of likely N-dealkylation sites (tertiary alicyclic amines) is 1. The number of hydrogen-bond donors (Lipinski definition) is 2. The van der Waals surface area contributed by atoms with Crippen LogP contribution >= 0.6 is 11.5 Å². The van der Waals surface area contributed by atoms with Crippen molar-refractivity contribution in [1.29, 1.82) is 0 Å². The molecule has 1 aliphatic carbocycles. The smallest absolute Gasteiger partial charge is 0.338 e. The predicted molar refractivity (Wildman–Crippen MR) is 105 cm³/mol. The van der Waals surface area contributed by atoms with Gasteiger partial charge in [0.15, 0.2) is 0 Å². The summed E-state index contributed by atoms with van der Waals surface area (Å²) in [5, 5.41) is 14.2. The first-order chi connectivity index (χ1) is 13.9. The van der Waals surface area contributed by atoms with E-state index in [1.807, 2.05) is 13.0 Å². The van der Waals surface area contributed by atoms with E-state index in [0.29, 0.717) is 34.9 Å². The first kappa shape index (κ1) is 18.7. The molecule has 1 saturated heterocycles. The number of nitrogens with zero attached hydrogens (tertiary/aromatic N) is 3. The minimum absolute atomic E-state index is 0.0236. The lowest BCUT2D eigenvalue weighted by Crippen LogP contribution is -2.32. The zero-order chi connectivity index (χ0) is 20.3. The molecule has 3 heterocycles. The molecule has 1 aromatic carbocycles. The zero-order valence-electron chi connectivity index (χ0n) is 16.2. The van der Waals surface area contributed by atoms with Gasteiger partial charge in [-0.25, -0.2) is 9.78 Å². The SMILES string of the molecule is Cc1nsc(NC(=O)C2C3CN(C[C@H](O)c4ccc5c(c4C)COC5=O)CC32)n1. The van der Waals surface area contributed by atoms with Crippen LogP contribution in [0, 0.1) is 31.6 Å². The van der Waals surface area contributed by atoms with Gasteiger partial charge < -0.3 is 15.2 Å². The number of esters is 1. The van der Waals surface area contributed by atoms with E-state index in [9.17, 15) is 14.7 Å². The number of aryl methyl sites for hydroxylation is 1. The van der Waals surface area contributed by atoms with Crippen molar-refractivity contribution in [1.82, 2.24) is 14.3 Å². The van der Waals surface area contributed by atoms with Gasteiger partial charge in [-0.1, -0.05) is 6.07 Å². The maximum atomic E-state index is 12.4. The van der Waals surface area contributed by atoms with Crippen molar-refractivity contribution in [2.75, 3.05) is 25.0 Å². The maximum absolute atomic E-state index is 12.4. The molecule has 152 valence electrons. The Balaban J connectivity index is 1.17. The van der Waals surface area contributed by atoms with Crippen LogP contribution in [0.2, 0.25) is 0 Å². The summed E-state index contributed by atoms with van der Waals surface area (Å²) in [5.74, 6) is 1.09. The Kier molecular flexibility index (Phi) is 4.41. The average molecular weight is 414 g/mol. The Morgan fingerprint density at radius 3 is 2.83 bits per heavy atom. The summed E-state index contributed by atoms with van der Waals surface area (Å²) < 4.78 is 9.18. The van der Waals surface area contributed by atoms with Crippen LogP contribution in [-0.4, -0.2) is 50.9 Å². The molecule has 8 nitrogen and oxygen atoms in total. The number of carbonyl (C=O) groups is 2. The predicted octanol–water partition coefficient (Wildman–Crippen LogP) is 1.68. The Bertz CT molecular complexity index is 994. The first-order valence-electron chi connectivity index (χ1n) is 9.73. The molecule has 9 heteroatoms. The summed E-state index contributed by atoms with van der Waals surface area (Å²) in [6.07, 6.45) is -0.634. The van der Waals surface area contributed by atoms with Crippen molar-refractivity contribution in [2.45, 2.75) is 26.6 Å². The number of aromatic nitrogens is 2. The number of fused-ring (bicyclic) bond motifs is 2. The van der Waals surface area contributed by atoms with Gasteiger partial charge in [0, 0.05) is 42.6 Å². The molecule has 2 fully saturated rings. The molecule has 2 unspecified atom stereocenters. The quantitative estimate of drug-likeness (QED) is 0.717. The molecule has 2 N–H and O–H groups in total. The molecule has 3 aliphatic rings. The number of rotatable bonds is 5. The molecule has 5 rings (SSSR count). The normalized spacial score (nSPS) is 26.0. The second kappa shape index (κ2) is 6.86. The second-order valence-electron chi connectivity index (χ2n) is 8.11. The lowest BCUT2D eigenvalue weighted by molar-refractivity contribution is -0.118. The fourth-order valence-electron chi connectivity index (χ4n) is 4.76. The minimum atomic E-state index is -0.634. The molecule has 0 spiro atoms. The fraction of sp³-hybridized carbons (Fsp3) is 0.500. The molecule has 29 heavy (non-hydrogen) atoms. The van der Waals surface area contributed by atoms with E-state index in [4.69, 9.17) is 4.74 Å². The molecule has 2 aromatic rings. The third-order valence-electron chi connectivity index (χ3n) is 6.33. The van der Waals surface area contributed by atoms with Gasteiger partial charge in [-0.2, -0.15) is 4.37 Å². The van der Waals surface area contributed by atoms with Gasteiger partial charge >= 0.3 is 5.97 Å². The van der Waals surface area contributed by atoms with Crippen LogP contribution in [0.3, 0.4) is 0 Å². The van der Waals surface area contributed by atoms with Crippen molar-refractivity contribution in [3.63, 3.8) is 0 Å². The van der Waals surface area contributed by atoms with E-state index >= 15 is 0 Å². The highest BCUT2D eigenvalue weighted by molar-refractivity contribution is 7.09. The number of cyclic esters (lactones) is 1. The number of ether oxygens (including phenoxy) is 1. The Labute approximate surface area is 172 Å². The van der Waals surface area contributed by atoms with Gasteiger partial charge in [-0.3, -0.25) is 9.69 Å². The van der Waals surface area contributed by atoms with Crippen molar-refractivity contribution in [3.05, 3.63) is 40.2 Å². The number of carbonyl (C=O) groups excluding carboxylic acids is 2. The topological polar surface area (TPSA) is 105 Å². The first-order valence-corrected chi connectivity index (χ1v) is 10.5. The van der Waals surface area contributed by atoms with E-state index in [2.05, 4.69) is 19.6 Å². The number of piperidine rings is 1. The fourth-order valence-corrected chi connectivity index (χ4v) is 5.34. The van der Waals surface area contributed by atoms with Gasteiger partial charge in [0.2, 0.25) is 11.0 Å². The van der Waals surface area contributed by atoms with Crippen LogP contribution in [0.25, 0.3) is 0 Å². The third-order valence-corrected chi connectivity index (χ3v) is 7.05. The Morgan fingerprint density at radius 1 is 1.38 bits per heavy atom. The molecule has 0 bridgehead atoms. The monoisotopic (exact) mass is 414 g/mol. The van der Waals surface area contributed by atoms with E-state index in [-0.39, 0.29) is 24.4 Å². The second-order valence-corrected chi connectivity index (χ2v) is 8.86. The van der Waals surface area contributed by atoms with E-state index in [0.717, 1.165) is 29.8 Å². The Morgan fingerprint density at radius 2 is 2.14 bits per heavy atom. The molecule has 1 aromatic heterocycles. The standard InChI is InChI=1S/C20H22N4O4S/c1-9-11(3-4-12-15(9)8-28-19(12)27)16(25)7-24-5-13-14(6-24)17(13)18(26)22-20-21-10(2)23-29-20/h3-4,13-14,16-17,25H,5-8H2,1-2H3,(H,21,22,23,26)/t13?,14?,16-,17?/m0/s1. The molecule has 2 aliphatic heterocycles. The van der Waals surface area contributed by atoms with Crippen LogP contribution in [0.1, 0.15) is 39.0 Å². The van der Waals surface area contributed by atoms with Crippen LogP contribution in [0.4, 0.5) is 5.13 Å². The van der Waals surface area contributed by atoms with Crippen molar-refractivity contribution in [3.8, 4) is 0 Å². The van der Waals surface area contributed by atoms with Gasteiger partial charge in [0.1, 0.15) is 12.4 Å². The van der Waals surface area contributed by atoms with Crippen LogP contribution in [-0.2, 0) is 16.1 Å². The number of amides is 1. The van der Waals surface area contributed by atoms with Crippen LogP contribution in [0.15, 0.2) is 12.1 Å². The number of anilines is 1. The van der Waals surface area contributed by atoms with Gasteiger partial charge in [-0.15, -0.1) is 0 Å². The summed E-state index contributed by atoms with van der Waals surface area (Å²) in [5.41, 5.74) is 3.23. The number of β-amino-alcohol motifs (C(OH)–C–C–N with tert-alkyl or cyclic N) is 1. The molecule has 1 saturated carbocycles. The average Bonchev–Trinajstić information content (AvgIpc) is 3.01.